The van der Waals surface area contributed by atoms with Gasteiger partial charge < -0.3 is 19.9 Å². The summed E-state index contributed by atoms with van der Waals surface area (Å²) < 4.78 is 7.24. The van der Waals surface area contributed by atoms with Crippen molar-refractivity contribution in [2.24, 2.45) is 5.92 Å². The zero-order valence-corrected chi connectivity index (χ0v) is 23.1. The molecule has 2 N–H and O–H groups in total. The van der Waals surface area contributed by atoms with Crippen molar-refractivity contribution in [2.75, 3.05) is 18.2 Å². The minimum atomic E-state index is -0.404. The third kappa shape index (κ3) is 6.72. The lowest BCUT2D eigenvalue weighted by atomic mass is 10.0. The van der Waals surface area contributed by atoms with Crippen LogP contribution < -0.4 is 15.4 Å². The molecule has 8 nitrogen and oxygen atoms in total. The predicted octanol–water partition coefficient (Wildman–Crippen LogP) is 5.78. The van der Waals surface area contributed by atoms with E-state index in [2.05, 4.69) is 20.8 Å². The molecule has 1 aromatic heterocycles. The molecule has 1 heterocycles. The number of benzene rings is 2. The van der Waals surface area contributed by atoms with E-state index < -0.39 is 6.04 Å². The maximum Gasteiger partial charge on any atom is 0.251 e. The van der Waals surface area contributed by atoms with Gasteiger partial charge in [-0.25, -0.2) is 0 Å². The second-order valence-corrected chi connectivity index (χ2v) is 10.2. The van der Waals surface area contributed by atoms with E-state index in [4.69, 9.17) is 27.9 Å². The first-order valence-electron chi connectivity index (χ1n) is 11.4. The predicted molar refractivity (Wildman–Crippen MR) is 144 cm³/mol. The van der Waals surface area contributed by atoms with Gasteiger partial charge in [0, 0.05) is 12.1 Å². The van der Waals surface area contributed by atoms with Crippen LogP contribution in [0.5, 0.6) is 5.75 Å². The van der Waals surface area contributed by atoms with E-state index in [0.29, 0.717) is 44.6 Å². The van der Waals surface area contributed by atoms with Gasteiger partial charge in [0.1, 0.15) is 5.75 Å². The summed E-state index contributed by atoms with van der Waals surface area (Å²) in [4.78, 5) is 25.6. The molecule has 0 unspecified atom stereocenters. The molecule has 1 atom stereocenters. The van der Waals surface area contributed by atoms with Crippen LogP contribution in [-0.2, 0) is 11.3 Å². The summed E-state index contributed by atoms with van der Waals surface area (Å²) in [5.41, 5.74) is 2.03. The van der Waals surface area contributed by atoms with Crippen molar-refractivity contribution in [3.8, 4) is 5.75 Å². The summed E-state index contributed by atoms with van der Waals surface area (Å²) in [6.45, 7) is 8.46. The fourth-order valence-electron chi connectivity index (χ4n) is 3.56. The topological polar surface area (TPSA) is 98.1 Å². The number of anilines is 1. The van der Waals surface area contributed by atoms with E-state index >= 15 is 0 Å². The van der Waals surface area contributed by atoms with E-state index in [9.17, 15) is 9.59 Å². The van der Waals surface area contributed by atoms with Crippen molar-refractivity contribution in [1.82, 2.24) is 20.1 Å². The van der Waals surface area contributed by atoms with Gasteiger partial charge >= 0.3 is 0 Å². The number of hydrogen-bond acceptors (Lipinski definition) is 6. The Hall–Kier alpha value is -2.75. The van der Waals surface area contributed by atoms with Gasteiger partial charge in [0.25, 0.3) is 5.91 Å². The minimum absolute atomic E-state index is 0.0288. The van der Waals surface area contributed by atoms with Gasteiger partial charge in [0.2, 0.25) is 5.91 Å². The Balaban J connectivity index is 1.73. The fourth-order valence-corrected chi connectivity index (χ4v) is 4.67. The monoisotopic (exact) mass is 549 g/mol. The Morgan fingerprint density at radius 2 is 1.86 bits per heavy atom. The van der Waals surface area contributed by atoms with E-state index in [-0.39, 0.29) is 23.5 Å². The van der Waals surface area contributed by atoms with Crippen LogP contribution >= 0.6 is 35.0 Å². The quantitative estimate of drug-likeness (QED) is 0.311. The van der Waals surface area contributed by atoms with Crippen LogP contribution in [0, 0.1) is 12.8 Å². The van der Waals surface area contributed by atoms with Crippen LogP contribution in [0.2, 0.25) is 10.0 Å². The number of nitrogens with zero attached hydrogens (tertiary/aromatic N) is 3. The van der Waals surface area contributed by atoms with Crippen LogP contribution in [0.1, 0.15) is 48.6 Å². The minimum Gasteiger partial charge on any atom is -0.495 e. The van der Waals surface area contributed by atoms with E-state index in [1.54, 1.807) is 19.2 Å². The van der Waals surface area contributed by atoms with Gasteiger partial charge in [0.05, 0.1) is 34.6 Å². The molecular weight excluding hydrogens is 521 g/mol. The van der Waals surface area contributed by atoms with E-state index in [1.807, 2.05) is 50.5 Å². The fraction of sp³-hybridized carbons (Fsp3) is 0.360. The Labute approximate surface area is 225 Å². The lowest BCUT2D eigenvalue weighted by molar-refractivity contribution is -0.113. The molecule has 0 aliphatic carbocycles. The van der Waals surface area contributed by atoms with Crippen molar-refractivity contribution in [2.45, 2.75) is 45.4 Å². The van der Waals surface area contributed by atoms with Gasteiger partial charge in [-0.15, -0.1) is 10.2 Å². The molecule has 36 heavy (non-hydrogen) atoms. The number of aromatic nitrogens is 3. The van der Waals surface area contributed by atoms with Crippen LogP contribution in [0.25, 0.3) is 0 Å². The largest absolute Gasteiger partial charge is 0.495 e. The number of ether oxygens (including phenoxy) is 1. The third-order valence-corrected chi connectivity index (χ3v) is 7.14. The van der Waals surface area contributed by atoms with Crippen molar-refractivity contribution in [3.63, 3.8) is 0 Å². The number of methoxy groups -OCH3 is 1. The molecule has 0 bridgehead atoms. The van der Waals surface area contributed by atoms with Gasteiger partial charge in [-0.1, -0.05) is 54.9 Å². The third-order valence-electron chi connectivity index (χ3n) is 5.44. The van der Waals surface area contributed by atoms with Crippen LogP contribution in [0.15, 0.2) is 41.6 Å². The lowest BCUT2D eigenvalue weighted by Gasteiger charge is -2.22. The second-order valence-electron chi connectivity index (χ2n) is 8.45. The summed E-state index contributed by atoms with van der Waals surface area (Å²) in [6, 6.07) is 9.93. The molecule has 3 rings (SSSR count). The molecule has 0 fully saturated rings. The highest BCUT2D eigenvalue weighted by Gasteiger charge is 2.26. The Morgan fingerprint density at radius 3 is 2.50 bits per heavy atom. The molecule has 0 saturated heterocycles. The summed E-state index contributed by atoms with van der Waals surface area (Å²) in [7, 11) is 1.56. The SMILES string of the molecule is CCn1c(SCC(=O)Nc2cc(C)ccc2OC)nnc1[C@@H](NC(=O)c1ccc(Cl)c(Cl)c1)C(C)C. The molecule has 0 radical (unpaired) electrons. The number of halogens is 2. The smallest absolute Gasteiger partial charge is 0.251 e. The number of carbonyl (C=O) groups is 2. The summed E-state index contributed by atoms with van der Waals surface area (Å²) >= 11 is 13.3. The number of rotatable bonds is 10. The number of amides is 2. The van der Waals surface area contributed by atoms with Gasteiger partial charge in [-0.3, -0.25) is 9.59 Å². The highest BCUT2D eigenvalue weighted by atomic mass is 35.5. The first-order chi connectivity index (χ1) is 17.1. The normalized spacial score (nSPS) is 11.9. The summed E-state index contributed by atoms with van der Waals surface area (Å²) in [5, 5.41) is 15.9. The zero-order chi connectivity index (χ0) is 26.4. The maximum absolute atomic E-state index is 12.9. The molecule has 0 saturated carbocycles. The molecule has 11 heteroatoms. The summed E-state index contributed by atoms with van der Waals surface area (Å²) in [5.74, 6) is 0.890. The van der Waals surface area contributed by atoms with Gasteiger partial charge in [-0.2, -0.15) is 0 Å². The Morgan fingerprint density at radius 1 is 1.11 bits per heavy atom. The van der Waals surface area contributed by atoms with Gasteiger partial charge in [-0.05, 0) is 55.7 Å². The summed E-state index contributed by atoms with van der Waals surface area (Å²) in [6.07, 6.45) is 0. The van der Waals surface area contributed by atoms with Crippen molar-refractivity contribution >= 4 is 52.5 Å². The van der Waals surface area contributed by atoms with Crippen LogP contribution in [0.3, 0.4) is 0 Å². The lowest BCUT2D eigenvalue weighted by Crippen LogP contribution is -2.33. The number of nitrogens with one attached hydrogen (secondary N) is 2. The molecule has 192 valence electrons. The highest BCUT2D eigenvalue weighted by Crippen LogP contribution is 2.28. The highest BCUT2D eigenvalue weighted by molar-refractivity contribution is 7.99. The number of thioether (sulfide) groups is 1. The molecule has 0 spiro atoms. The molecular formula is C25H29Cl2N5O3S. The second kappa shape index (κ2) is 12.5. The van der Waals surface area contributed by atoms with E-state index in [0.717, 1.165) is 5.56 Å². The Bertz CT molecular complexity index is 1250. The standard InChI is InChI=1S/C25H29Cl2N5O3S/c1-6-32-23(22(14(2)3)29-24(34)16-8-9-17(26)18(27)12-16)30-31-25(32)36-13-21(33)28-19-11-15(4)7-10-20(19)35-5/h7-12,14,22H,6,13H2,1-5H3,(H,28,33)(H,29,34)/t22-/m0/s1. The van der Waals surface area contributed by atoms with Crippen molar-refractivity contribution in [3.05, 3.63) is 63.4 Å². The molecule has 3 aromatic rings. The van der Waals surface area contributed by atoms with E-state index in [1.165, 1.54) is 17.8 Å². The zero-order valence-electron chi connectivity index (χ0n) is 20.8. The van der Waals surface area contributed by atoms with Crippen molar-refractivity contribution < 1.29 is 14.3 Å². The molecule has 2 amide bonds. The first kappa shape index (κ1) is 27.8. The average Bonchev–Trinajstić information content (AvgIpc) is 3.25. The molecule has 0 aliphatic heterocycles. The number of carbonyl (C=O) groups excluding carboxylic acids is 2. The van der Waals surface area contributed by atoms with Crippen molar-refractivity contribution in [1.29, 1.82) is 0 Å². The van der Waals surface area contributed by atoms with Crippen LogP contribution in [0.4, 0.5) is 5.69 Å². The molecule has 2 aromatic carbocycles. The first-order valence-corrected chi connectivity index (χ1v) is 13.1. The average molecular weight is 551 g/mol. The molecule has 0 aliphatic rings. The Kier molecular flexibility index (Phi) is 9.64. The van der Waals surface area contributed by atoms with Gasteiger partial charge in [0.15, 0.2) is 11.0 Å². The maximum atomic E-state index is 12.9. The van der Waals surface area contributed by atoms with Crippen LogP contribution in [-0.4, -0.2) is 39.4 Å². The number of hydrogen-bond donors (Lipinski definition) is 2. The number of aryl methyl sites for hydroxylation is 1.